The van der Waals surface area contributed by atoms with Crippen LogP contribution >= 0.6 is 0 Å². The van der Waals surface area contributed by atoms with Gasteiger partial charge in [0.1, 0.15) is 0 Å². The first-order valence-electron chi connectivity index (χ1n) is 7.10. The molecule has 0 unspecified atom stereocenters. The van der Waals surface area contributed by atoms with Gasteiger partial charge in [-0.25, -0.2) is 0 Å². The Morgan fingerprint density at radius 1 is 1.30 bits per heavy atom. The number of nitrogens with one attached hydrogen (secondary N) is 2. The second kappa shape index (κ2) is 5.12. The van der Waals surface area contributed by atoms with Crippen molar-refractivity contribution in [3.8, 4) is 0 Å². The molecule has 1 aliphatic carbocycles. The summed E-state index contributed by atoms with van der Waals surface area (Å²) < 4.78 is 0. The molecule has 1 aromatic carbocycles. The average Bonchev–Trinajstić information content (AvgIpc) is 3.17. The highest BCUT2D eigenvalue weighted by Crippen LogP contribution is 2.39. The van der Waals surface area contributed by atoms with E-state index in [2.05, 4.69) is 29.4 Å². The van der Waals surface area contributed by atoms with Crippen LogP contribution in [0.3, 0.4) is 0 Å². The molecule has 0 radical (unpaired) electrons. The molecule has 3 rings (SSSR count). The summed E-state index contributed by atoms with van der Waals surface area (Å²) in [6.45, 7) is 4.30. The molecule has 4 heteroatoms. The fraction of sp³-hybridized carbons (Fsp3) is 0.375. The lowest BCUT2D eigenvalue weighted by molar-refractivity contribution is 0.102. The fourth-order valence-corrected chi connectivity index (χ4v) is 2.20. The Hall–Kier alpha value is -2.10. The van der Waals surface area contributed by atoms with Gasteiger partial charge in [-0.2, -0.15) is 5.10 Å². The lowest BCUT2D eigenvalue weighted by Gasteiger charge is -2.07. The first-order valence-corrected chi connectivity index (χ1v) is 7.10. The number of nitrogens with zero attached hydrogens (tertiary/aromatic N) is 1. The van der Waals surface area contributed by atoms with E-state index in [0.29, 0.717) is 17.5 Å². The van der Waals surface area contributed by atoms with Gasteiger partial charge in [-0.3, -0.25) is 9.89 Å². The topological polar surface area (TPSA) is 57.8 Å². The Kier molecular flexibility index (Phi) is 3.30. The first-order chi connectivity index (χ1) is 9.63. The summed E-state index contributed by atoms with van der Waals surface area (Å²) in [5.41, 5.74) is 3.60. The van der Waals surface area contributed by atoms with Crippen molar-refractivity contribution in [2.75, 3.05) is 5.32 Å². The minimum absolute atomic E-state index is 0.162. The van der Waals surface area contributed by atoms with E-state index in [1.54, 1.807) is 0 Å². The summed E-state index contributed by atoms with van der Waals surface area (Å²) in [5, 5.41) is 9.91. The number of amides is 1. The molecule has 0 saturated heterocycles. The predicted molar refractivity (Wildman–Crippen MR) is 79.0 cm³/mol. The Labute approximate surface area is 118 Å². The molecule has 1 heterocycles. The second-order valence-electron chi connectivity index (χ2n) is 5.71. The Balaban J connectivity index is 1.68. The zero-order chi connectivity index (χ0) is 14.1. The number of carbonyl (C=O) groups excluding carboxylic acids is 1. The Morgan fingerprint density at radius 2 is 2.00 bits per heavy atom. The molecule has 1 aliphatic rings. The van der Waals surface area contributed by atoms with Gasteiger partial charge in [0.2, 0.25) is 0 Å². The summed E-state index contributed by atoms with van der Waals surface area (Å²) in [7, 11) is 0. The van der Waals surface area contributed by atoms with E-state index in [-0.39, 0.29) is 5.91 Å². The number of aromatic nitrogens is 2. The van der Waals surface area contributed by atoms with Gasteiger partial charge in [0, 0.05) is 17.3 Å². The number of hydrogen-bond acceptors (Lipinski definition) is 2. The quantitative estimate of drug-likeness (QED) is 0.889. The van der Waals surface area contributed by atoms with Gasteiger partial charge in [0.25, 0.3) is 5.91 Å². The lowest BCUT2D eigenvalue weighted by atomic mass is 10.0. The van der Waals surface area contributed by atoms with Crippen molar-refractivity contribution in [1.29, 1.82) is 0 Å². The van der Waals surface area contributed by atoms with E-state index in [0.717, 1.165) is 11.4 Å². The van der Waals surface area contributed by atoms with Crippen LogP contribution in [-0.4, -0.2) is 16.1 Å². The second-order valence-corrected chi connectivity index (χ2v) is 5.71. The maximum Gasteiger partial charge on any atom is 0.276 e. The number of carbonyl (C=O) groups is 1. The van der Waals surface area contributed by atoms with E-state index >= 15 is 0 Å². The van der Waals surface area contributed by atoms with Crippen LogP contribution in [0.2, 0.25) is 0 Å². The molecule has 2 aromatic rings. The summed E-state index contributed by atoms with van der Waals surface area (Å²) >= 11 is 0. The van der Waals surface area contributed by atoms with E-state index in [4.69, 9.17) is 0 Å². The normalized spacial score (nSPS) is 14.6. The average molecular weight is 269 g/mol. The smallest absolute Gasteiger partial charge is 0.276 e. The Bertz CT molecular complexity index is 609. The molecule has 2 N–H and O–H groups in total. The number of H-pyrrole nitrogens is 1. The van der Waals surface area contributed by atoms with Crippen molar-refractivity contribution in [3.05, 3.63) is 47.3 Å². The standard InChI is InChI=1S/C16H19N3O/c1-10(2)11-5-7-13(8-6-11)17-16(20)15-9-14(18-19-15)12-3-4-12/h5-10,12H,3-4H2,1-2H3,(H,17,20)(H,18,19). The third-order valence-electron chi connectivity index (χ3n) is 3.68. The molecule has 1 amide bonds. The zero-order valence-electron chi connectivity index (χ0n) is 11.8. The van der Waals surface area contributed by atoms with Gasteiger partial charge >= 0.3 is 0 Å². The van der Waals surface area contributed by atoms with Gasteiger partial charge < -0.3 is 5.32 Å². The highest BCUT2D eigenvalue weighted by atomic mass is 16.1. The SMILES string of the molecule is CC(C)c1ccc(NC(=O)c2cc(C3CC3)[nH]n2)cc1. The number of anilines is 1. The molecule has 104 valence electrons. The maximum absolute atomic E-state index is 12.1. The van der Waals surface area contributed by atoms with Crippen LogP contribution in [0, 0.1) is 0 Å². The molecular weight excluding hydrogens is 250 g/mol. The number of hydrogen-bond donors (Lipinski definition) is 2. The molecule has 0 aliphatic heterocycles. The van der Waals surface area contributed by atoms with E-state index in [1.807, 2.05) is 30.3 Å². The van der Waals surface area contributed by atoms with Crippen LogP contribution in [0.25, 0.3) is 0 Å². The highest BCUT2D eigenvalue weighted by molar-refractivity contribution is 6.02. The summed E-state index contributed by atoms with van der Waals surface area (Å²) in [6, 6.07) is 9.81. The van der Waals surface area contributed by atoms with Crippen molar-refractivity contribution < 1.29 is 4.79 Å². The number of rotatable bonds is 4. The van der Waals surface area contributed by atoms with Crippen molar-refractivity contribution in [3.63, 3.8) is 0 Å². The fourth-order valence-electron chi connectivity index (χ4n) is 2.20. The molecule has 0 bridgehead atoms. The van der Waals surface area contributed by atoms with Crippen LogP contribution in [0.1, 0.15) is 60.3 Å². The largest absolute Gasteiger partial charge is 0.321 e. The third-order valence-corrected chi connectivity index (χ3v) is 3.68. The molecule has 4 nitrogen and oxygen atoms in total. The van der Waals surface area contributed by atoms with E-state index in [9.17, 15) is 4.79 Å². The van der Waals surface area contributed by atoms with Crippen LogP contribution in [0.5, 0.6) is 0 Å². The highest BCUT2D eigenvalue weighted by Gasteiger charge is 2.26. The summed E-state index contributed by atoms with van der Waals surface area (Å²) in [6.07, 6.45) is 2.39. The molecule has 1 fully saturated rings. The maximum atomic E-state index is 12.1. The van der Waals surface area contributed by atoms with Gasteiger partial charge in [-0.05, 0) is 42.5 Å². The molecular formula is C16H19N3O. The van der Waals surface area contributed by atoms with Crippen molar-refractivity contribution in [2.45, 2.75) is 38.5 Å². The van der Waals surface area contributed by atoms with Crippen LogP contribution in [0.15, 0.2) is 30.3 Å². The number of aromatic amines is 1. The van der Waals surface area contributed by atoms with Gasteiger partial charge in [-0.1, -0.05) is 26.0 Å². The minimum atomic E-state index is -0.162. The molecule has 0 atom stereocenters. The molecule has 20 heavy (non-hydrogen) atoms. The van der Waals surface area contributed by atoms with Crippen LogP contribution in [0.4, 0.5) is 5.69 Å². The van der Waals surface area contributed by atoms with Crippen molar-refractivity contribution >= 4 is 11.6 Å². The summed E-state index contributed by atoms with van der Waals surface area (Å²) in [4.78, 5) is 12.1. The summed E-state index contributed by atoms with van der Waals surface area (Å²) in [5.74, 6) is 0.909. The minimum Gasteiger partial charge on any atom is -0.321 e. The van der Waals surface area contributed by atoms with Crippen molar-refractivity contribution in [1.82, 2.24) is 10.2 Å². The predicted octanol–water partition coefficient (Wildman–Crippen LogP) is 3.66. The van der Waals surface area contributed by atoms with Gasteiger partial charge in [0.05, 0.1) is 0 Å². The van der Waals surface area contributed by atoms with Crippen LogP contribution < -0.4 is 5.32 Å². The molecule has 0 spiro atoms. The van der Waals surface area contributed by atoms with Gasteiger partial charge in [0.15, 0.2) is 5.69 Å². The van der Waals surface area contributed by atoms with Crippen molar-refractivity contribution in [2.24, 2.45) is 0 Å². The first kappa shape index (κ1) is 12.9. The van der Waals surface area contributed by atoms with E-state index in [1.165, 1.54) is 18.4 Å². The number of benzene rings is 1. The molecule has 1 saturated carbocycles. The lowest BCUT2D eigenvalue weighted by Crippen LogP contribution is -2.12. The molecule has 1 aromatic heterocycles. The zero-order valence-corrected chi connectivity index (χ0v) is 11.8. The monoisotopic (exact) mass is 269 g/mol. The third kappa shape index (κ3) is 2.74. The van der Waals surface area contributed by atoms with Crippen LogP contribution in [-0.2, 0) is 0 Å². The van der Waals surface area contributed by atoms with E-state index < -0.39 is 0 Å². The Morgan fingerprint density at radius 3 is 2.60 bits per heavy atom. The van der Waals surface area contributed by atoms with Gasteiger partial charge in [-0.15, -0.1) is 0 Å².